The Morgan fingerprint density at radius 2 is 2.29 bits per heavy atom. The Bertz CT molecular complexity index is 756. The summed E-state index contributed by atoms with van der Waals surface area (Å²) >= 11 is 1.44. The molecule has 0 aliphatic carbocycles. The molecule has 0 bridgehead atoms. The van der Waals surface area contributed by atoms with Gasteiger partial charge in [0.15, 0.2) is 0 Å². The first-order chi connectivity index (χ1) is 10.2. The predicted octanol–water partition coefficient (Wildman–Crippen LogP) is 2.05. The topological polar surface area (TPSA) is 64.7 Å². The number of hydrogen-bond donors (Lipinski definition) is 1. The summed E-state index contributed by atoms with van der Waals surface area (Å²) in [6, 6.07) is 3.70. The van der Waals surface area contributed by atoms with Gasteiger partial charge in [0.05, 0.1) is 23.3 Å². The number of fused-ring (bicyclic) bond motifs is 1. The number of carbonyl (C=O) groups excluding carboxylic acids is 1. The van der Waals surface area contributed by atoms with E-state index < -0.39 is 0 Å². The minimum absolute atomic E-state index is 0.0330. The Kier molecular flexibility index (Phi) is 3.74. The van der Waals surface area contributed by atoms with Crippen molar-refractivity contribution in [3.8, 4) is 0 Å². The van der Waals surface area contributed by atoms with Gasteiger partial charge < -0.3 is 5.32 Å². The molecule has 3 rings (SSSR count). The van der Waals surface area contributed by atoms with Crippen LogP contribution in [-0.2, 0) is 13.1 Å². The molecular formula is C14H17N5OS. The van der Waals surface area contributed by atoms with Crippen LogP contribution in [0.4, 0.5) is 0 Å². The van der Waals surface area contributed by atoms with E-state index in [9.17, 15) is 4.79 Å². The highest BCUT2D eigenvalue weighted by molar-refractivity contribution is 7.12. The highest BCUT2D eigenvalue weighted by Gasteiger charge is 2.12. The van der Waals surface area contributed by atoms with Crippen LogP contribution in [0, 0.1) is 6.92 Å². The second-order valence-corrected chi connectivity index (χ2v) is 5.68. The second kappa shape index (κ2) is 5.69. The van der Waals surface area contributed by atoms with E-state index in [2.05, 4.69) is 22.4 Å². The van der Waals surface area contributed by atoms with Gasteiger partial charge in [0.25, 0.3) is 5.91 Å². The number of hydrogen-bond acceptors (Lipinski definition) is 4. The van der Waals surface area contributed by atoms with Crippen molar-refractivity contribution >= 4 is 28.3 Å². The summed E-state index contributed by atoms with van der Waals surface area (Å²) in [6.07, 6.45) is 1.83. The van der Waals surface area contributed by atoms with Gasteiger partial charge in [0.2, 0.25) is 0 Å². The van der Waals surface area contributed by atoms with E-state index in [0.717, 1.165) is 28.1 Å². The lowest BCUT2D eigenvalue weighted by molar-refractivity contribution is 0.0956. The molecule has 0 aromatic carbocycles. The maximum atomic E-state index is 11.9. The molecule has 0 atom stereocenters. The zero-order valence-electron chi connectivity index (χ0n) is 12.0. The van der Waals surface area contributed by atoms with Crippen LogP contribution in [-0.4, -0.2) is 32.0 Å². The first-order valence-electron chi connectivity index (χ1n) is 6.91. The van der Waals surface area contributed by atoms with Gasteiger partial charge in [-0.05, 0) is 25.3 Å². The van der Waals surface area contributed by atoms with Crippen molar-refractivity contribution in [1.29, 1.82) is 0 Å². The van der Waals surface area contributed by atoms with Gasteiger partial charge >= 0.3 is 0 Å². The summed E-state index contributed by atoms with van der Waals surface area (Å²) in [5.41, 5.74) is 3.05. The minimum Gasteiger partial charge on any atom is -0.349 e. The third-order valence-corrected chi connectivity index (χ3v) is 4.23. The average molecular weight is 303 g/mol. The van der Waals surface area contributed by atoms with E-state index in [1.54, 1.807) is 0 Å². The molecule has 0 saturated heterocycles. The van der Waals surface area contributed by atoms with Crippen molar-refractivity contribution in [3.63, 3.8) is 0 Å². The molecule has 0 saturated carbocycles. The Morgan fingerprint density at radius 3 is 3.00 bits per heavy atom. The number of aryl methyl sites for hydroxylation is 2. The maximum Gasteiger partial charge on any atom is 0.261 e. The van der Waals surface area contributed by atoms with E-state index in [1.807, 2.05) is 40.0 Å². The number of rotatable bonds is 5. The first kappa shape index (κ1) is 13.8. The molecule has 0 unspecified atom stereocenters. The molecule has 1 N–H and O–H groups in total. The molecular weight excluding hydrogens is 286 g/mol. The summed E-state index contributed by atoms with van der Waals surface area (Å²) in [4.78, 5) is 12.6. The van der Waals surface area contributed by atoms with E-state index in [1.165, 1.54) is 11.3 Å². The summed E-state index contributed by atoms with van der Waals surface area (Å²) in [5, 5.41) is 13.7. The van der Waals surface area contributed by atoms with Crippen LogP contribution in [0.1, 0.15) is 22.3 Å². The maximum absolute atomic E-state index is 11.9. The fourth-order valence-corrected chi connectivity index (χ4v) is 3.04. The van der Waals surface area contributed by atoms with Crippen molar-refractivity contribution in [1.82, 2.24) is 24.9 Å². The van der Waals surface area contributed by atoms with Gasteiger partial charge in [-0.1, -0.05) is 6.07 Å². The van der Waals surface area contributed by atoms with Crippen molar-refractivity contribution in [2.45, 2.75) is 26.9 Å². The monoisotopic (exact) mass is 303 g/mol. The number of nitrogens with zero attached hydrogens (tertiary/aromatic N) is 4. The van der Waals surface area contributed by atoms with Crippen LogP contribution in [0.5, 0.6) is 0 Å². The molecule has 0 radical (unpaired) electrons. The Labute approximate surface area is 126 Å². The fourth-order valence-electron chi connectivity index (χ4n) is 2.40. The number of nitrogens with one attached hydrogen (secondary N) is 1. The number of carbonyl (C=O) groups is 1. The molecule has 3 heterocycles. The minimum atomic E-state index is -0.0330. The third kappa shape index (κ3) is 2.56. The van der Waals surface area contributed by atoms with Gasteiger partial charge in [0, 0.05) is 13.1 Å². The molecule has 0 fully saturated rings. The zero-order valence-corrected chi connectivity index (χ0v) is 12.9. The van der Waals surface area contributed by atoms with Crippen LogP contribution in [0.25, 0.3) is 11.0 Å². The first-order valence-corrected chi connectivity index (χ1v) is 7.79. The Morgan fingerprint density at radius 1 is 1.43 bits per heavy atom. The largest absolute Gasteiger partial charge is 0.349 e. The average Bonchev–Trinajstić information content (AvgIpc) is 3.18. The van der Waals surface area contributed by atoms with E-state index in [4.69, 9.17) is 0 Å². The van der Waals surface area contributed by atoms with Gasteiger partial charge in [-0.3, -0.25) is 14.2 Å². The Balaban J connectivity index is 1.68. The fraction of sp³-hybridized carbons (Fsp3) is 0.357. The summed E-state index contributed by atoms with van der Waals surface area (Å²) in [5.74, 6) is -0.0330. The summed E-state index contributed by atoms with van der Waals surface area (Å²) < 4.78 is 3.84. The second-order valence-electron chi connectivity index (χ2n) is 4.74. The molecule has 3 aromatic heterocycles. The van der Waals surface area contributed by atoms with Crippen molar-refractivity contribution in [2.24, 2.45) is 0 Å². The van der Waals surface area contributed by atoms with E-state index in [-0.39, 0.29) is 5.91 Å². The Hall–Kier alpha value is -2.15. The normalized spacial score (nSPS) is 11.1. The third-order valence-electron chi connectivity index (χ3n) is 3.37. The van der Waals surface area contributed by atoms with Crippen molar-refractivity contribution < 1.29 is 4.79 Å². The number of amides is 1. The van der Waals surface area contributed by atoms with Gasteiger partial charge in [-0.25, -0.2) is 0 Å². The summed E-state index contributed by atoms with van der Waals surface area (Å²) in [6.45, 7) is 6.05. The molecule has 0 spiro atoms. The lowest BCUT2D eigenvalue weighted by atomic mass is 10.4. The predicted molar refractivity (Wildman–Crippen MR) is 82.6 cm³/mol. The number of thiophene rings is 1. The van der Waals surface area contributed by atoms with Crippen molar-refractivity contribution in [3.05, 3.63) is 34.3 Å². The van der Waals surface area contributed by atoms with Crippen LogP contribution in [0.3, 0.4) is 0 Å². The smallest absolute Gasteiger partial charge is 0.261 e. The SMILES string of the molecule is CCn1nc(C)c2c1cnn2CCNC(=O)c1cccs1. The van der Waals surface area contributed by atoms with Gasteiger partial charge in [0.1, 0.15) is 11.0 Å². The highest BCUT2D eigenvalue weighted by atomic mass is 32.1. The van der Waals surface area contributed by atoms with Crippen LogP contribution < -0.4 is 5.32 Å². The highest BCUT2D eigenvalue weighted by Crippen LogP contribution is 2.17. The lowest BCUT2D eigenvalue weighted by Gasteiger charge is -2.04. The lowest BCUT2D eigenvalue weighted by Crippen LogP contribution is -2.26. The molecule has 1 amide bonds. The quantitative estimate of drug-likeness (QED) is 0.784. The molecule has 0 aliphatic rings. The zero-order chi connectivity index (χ0) is 14.8. The van der Waals surface area contributed by atoms with Crippen LogP contribution in [0.15, 0.2) is 23.7 Å². The van der Waals surface area contributed by atoms with Gasteiger partial charge in [-0.2, -0.15) is 10.2 Å². The van der Waals surface area contributed by atoms with E-state index in [0.29, 0.717) is 13.1 Å². The standard InChI is InChI=1S/C14H17N5OS/c1-3-18-11-9-16-19(13(11)10(2)17-18)7-6-15-14(20)12-5-4-8-21-12/h4-5,8-9H,3,6-7H2,1-2H3,(H,15,20). The van der Waals surface area contributed by atoms with E-state index >= 15 is 0 Å². The van der Waals surface area contributed by atoms with Crippen LogP contribution in [0.2, 0.25) is 0 Å². The van der Waals surface area contributed by atoms with Crippen LogP contribution >= 0.6 is 11.3 Å². The molecule has 21 heavy (non-hydrogen) atoms. The summed E-state index contributed by atoms with van der Waals surface area (Å²) in [7, 11) is 0. The molecule has 0 aliphatic heterocycles. The molecule has 7 heteroatoms. The molecule has 3 aromatic rings. The van der Waals surface area contributed by atoms with Crippen molar-refractivity contribution in [2.75, 3.05) is 6.54 Å². The van der Waals surface area contributed by atoms with Gasteiger partial charge in [-0.15, -0.1) is 11.3 Å². The number of aromatic nitrogens is 4. The molecule has 6 nitrogen and oxygen atoms in total. The molecule has 110 valence electrons.